The Morgan fingerprint density at radius 3 is 2.39 bits per heavy atom. The molecular formula is C13H14N2O3. The van der Waals surface area contributed by atoms with Gasteiger partial charge >= 0.3 is 5.69 Å². The van der Waals surface area contributed by atoms with Crippen LogP contribution in [0.15, 0.2) is 33.9 Å². The molecule has 1 aromatic carbocycles. The van der Waals surface area contributed by atoms with E-state index in [2.05, 4.69) is 4.98 Å². The summed E-state index contributed by atoms with van der Waals surface area (Å²) in [5.41, 5.74) is 0.942. The number of nitrogens with zero attached hydrogens (tertiary/aromatic N) is 1. The van der Waals surface area contributed by atoms with Gasteiger partial charge in [-0.1, -0.05) is 12.1 Å². The molecule has 1 aromatic heterocycles. The quantitative estimate of drug-likeness (QED) is 0.837. The molecular weight excluding hydrogens is 232 g/mol. The third-order valence-corrected chi connectivity index (χ3v) is 2.93. The van der Waals surface area contributed by atoms with Crippen molar-refractivity contribution in [2.24, 2.45) is 0 Å². The minimum atomic E-state index is -0.409. The van der Waals surface area contributed by atoms with Crippen molar-refractivity contribution < 1.29 is 5.11 Å². The van der Waals surface area contributed by atoms with Crippen molar-refractivity contribution in [1.29, 1.82) is 0 Å². The topological polar surface area (TPSA) is 75.1 Å². The Hall–Kier alpha value is -2.30. The Balaban J connectivity index is 2.75. The van der Waals surface area contributed by atoms with E-state index in [1.54, 1.807) is 19.1 Å². The molecule has 0 saturated heterocycles. The highest BCUT2D eigenvalue weighted by atomic mass is 16.3. The fourth-order valence-corrected chi connectivity index (χ4v) is 2.03. The molecule has 0 spiro atoms. The summed E-state index contributed by atoms with van der Waals surface area (Å²) in [6.45, 7) is 4.07. The minimum absolute atomic E-state index is 0.136. The van der Waals surface area contributed by atoms with Crippen LogP contribution in [0.25, 0.3) is 11.1 Å². The van der Waals surface area contributed by atoms with E-state index in [0.29, 0.717) is 23.4 Å². The molecule has 2 N–H and O–H groups in total. The van der Waals surface area contributed by atoms with Crippen molar-refractivity contribution in [2.75, 3.05) is 0 Å². The van der Waals surface area contributed by atoms with Gasteiger partial charge in [-0.05, 0) is 31.5 Å². The van der Waals surface area contributed by atoms with Gasteiger partial charge in [-0.15, -0.1) is 0 Å². The standard InChI is InChI=1S/C13H14N2O3/c1-3-15-8(2)11(12(17)14-13(15)18)9-4-6-10(16)7-5-9/h4-7,16H,3H2,1-2H3,(H,14,17,18). The fraction of sp³-hybridized carbons (Fsp3) is 0.231. The summed E-state index contributed by atoms with van der Waals surface area (Å²) >= 11 is 0. The van der Waals surface area contributed by atoms with E-state index < -0.39 is 11.2 Å². The van der Waals surface area contributed by atoms with E-state index in [4.69, 9.17) is 0 Å². The summed E-state index contributed by atoms with van der Waals surface area (Å²) in [4.78, 5) is 25.8. The van der Waals surface area contributed by atoms with Gasteiger partial charge in [-0.25, -0.2) is 4.79 Å². The predicted octanol–water partition coefficient (Wildman–Crippen LogP) is 1.24. The van der Waals surface area contributed by atoms with E-state index in [1.165, 1.54) is 16.7 Å². The van der Waals surface area contributed by atoms with Crippen LogP contribution in [0.2, 0.25) is 0 Å². The lowest BCUT2D eigenvalue weighted by atomic mass is 10.1. The van der Waals surface area contributed by atoms with Gasteiger partial charge in [0, 0.05) is 12.2 Å². The Bertz CT molecular complexity index is 681. The fourth-order valence-electron chi connectivity index (χ4n) is 2.03. The smallest absolute Gasteiger partial charge is 0.328 e. The minimum Gasteiger partial charge on any atom is -0.508 e. The number of hydrogen-bond acceptors (Lipinski definition) is 3. The average Bonchev–Trinajstić information content (AvgIpc) is 2.31. The van der Waals surface area contributed by atoms with E-state index in [0.717, 1.165) is 0 Å². The molecule has 0 aliphatic heterocycles. The number of aromatic amines is 1. The molecule has 0 saturated carbocycles. The van der Waals surface area contributed by atoms with Crippen LogP contribution in [0.1, 0.15) is 12.6 Å². The molecule has 0 bridgehead atoms. The molecule has 0 aliphatic carbocycles. The molecule has 18 heavy (non-hydrogen) atoms. The van der Waals surface area contributed by atoms with Crippen LogP contribution < -0.4 is 11.2 Å². The first-order valence-corrected chi connectivity index (χ1v) is 5.67. The maximum absolute atomic E-state index is 11.9. The highest BCUT2D eigenvalue weighted by Crippen LogP contribution is 2.20. The zero-order valence-corrected chi connectivity index (χ0v) is 10.2. The third kappa shape index (κ3) is 1.95. The van der Waals surface area contributed by atoms with Crippen molar-refractivity contribution in [1.82, 2.24) is 9.55 Å². The van der Waals surface area contributed by atoms with E-state index in [1.807, 2.05) is 6.92 Å². The number of nitrogens with one attached hydrogen (secondary N) is 1. The number of aromatic nitrogens is 2. The van der Waals surface area contributed by atoms with E-state index >= 15 is 0 Å². The molecule has 94 valence electrons. The Kier molecular flexibility index (Phi) is 3.06. The van der Waals surface area contributed by atoms with Gasteiger partial charge in [0.15, 0.2) is 0 Å². The lowest BCUT2D eigenvalue weighted by molar-refractivity contribution is 0.475. The molecule has 0 atom stereocenters. The first-order chi connectivity index (χ1) is 8.54. The third-order valence-electron chi connectivity index (χ3n) is 2.93. The molecule has 1 heterocycles. The second kappa shape index (κ2) is 4.52. The number of benzene rings is 1. The lowest BCUT2D eigenvalue weighted by Gasteiger charge is -2.11. The number of aromatic hydroxyl groups is 1. The highest BCUT2D eigenvalue weighted by Gasteiger charge is 2.12. The van der Waals surface area contributed by atoms with Crippen LogP contribution in [0.3, 0.4) is 0 Å². The largest absolute Gasteiger partial charge is 0.508 e. The number of phenolic OH excluding ortho intramolecular Hbond substituents is 1. The number of hydrogen-bond donors (Lipinski definition) is 2. The van der Waals surface area contributed by atoms with Crippen LogP contribution in [0.5, 0.6) is 5.75 Å². The zero-order chi connectivity index (χ0) is 13.3. The molecule has 0 fully saturated rings. The summed E-state index contributed by atoms with van der Waals surface area (Å²) in [5.74, 6) is 0.136. The molecule has 5 heteroatoms. The van der Waals surface area contributed by atoms with Gasteiger partial charge in [-0.2, -0.15) is 0 Å². The van der Waals surface area contributed by atoms with Gasteiger partial charge in [-0.3, -0.25) is 14.3 Å². The van der Waals surface area contributed by atoms with Crippen molar-refractivity contribution in [3.63, 3.8) is 0 Å². The molecule has 0 radical (unpaired) electrons. The Labute approximate surface area is 103 Å². The summed E-state index contributed by atoms with van der Waals surface area (Å²) in [7, 11) is 0. The Morgan fingerprint density at radius 2 is 1.83 bits per heavy atom. The highest BCUT2D eigenvalue weighted by molar-refractivity contribution is 5.65. The summed E-state index contributed by atoms with van der Waals surface area (Å²) in [6.07, 6.45) is 0. The van der Waals surface area contributed by atoms with Crippen molar-refractivity contribution in [2.45, 2.75) is 20.4 Å². The van der Waals surface area contributed by atoms with Crippen molar-refractivity contribution in [3.8, 4) is 16.9 Å². The van der Waals surface area contributed by atoms with Crippen LogP contribution >= 0.6 is 0 Å². The number of phenols is 1. The average molecular weight is 246 g/mol. The summed E-state index contributed by atoms with van der Waals surface area (Å²) in [6, 6.07) is 6.32. The number of H-pyrrole nitrogens is 1. The number of rotatable bonds is 2. The van der Waals surface area contributed by atoms with Crippen LogP contribution in [-0.2, 0) is 6.54 Å². The van der Waals surface area contributed by atoms with Crippen LogP contribution in [0.4, 0.5) is 0 Å². The molecule has 2 rings (SSSR count). The molecule has 2 aromatic rings. The predicted molar refractivity (Wildman–Crippen MR) is 68.8 cm³/mol. The van der Waals surface area contributed by atoms with Gasteiger partial charge in [0.05, 0.1) is 5.56 Å². The first kappa shape index (κ1) is 12.2. The summed E-state index contributed by atoms with van der Waals surface area (Å²) < 4.78 is 1.50. The lowest BCUT2D eigenvalue weighted by Crippen LogP contribution is -2.32. The second-order valence-electron chi connectivity index (χ2n) is 4.01. The van der Waals surface area contributed by atoms with Crippen molar-refractivity contribution in [3.05, 3.63) is 50.8 Å². The van der Waals surface area contributed by atoms with E-state index in [-0.39, 0.29) is 5.75 Å². The normalized spacial score (nSPS) is 10.6. The van der Waals surface area contributed by atoms with Gasteiger partial charge in [0.25, 0.3) is 5.56 Å². The maximum atomic E-state index is 11.9. The maximum Gasteiger partial charge on any atom is 0.328 e. The van der Waals surface area contributed by atoms with Crippen LogP contribution in [0, 0.1) is 6.92 Å². The first-order valence-electron chi connectivity index (χ1n) is 5.67. The molecule has 0 amide bonds. The molecule has 5 nitrogen and oxygen atoms in total. The van der Waals surface area contributed by atoms with Gasteiger partial charge in [0.2, 0.25) is 0 Å². The van der Waals surface area contributed by atoms with Crippen LogP contribution in [-0.4, -0.2) is 14.7 Å². The molecule has 0 aliphatic rings. The van der Waals surface area contributed by atoms with E-state index in [9.17, 15) is 14.7 Å². The molecule has 0 unspecified atom stereocenters. The second-order valence-corrected chi connectivity index (χ2v) is 4.01. The SMILES string of the molecule is CCn1c(C)c(-c2ccc(O)cc2)c(=O)[nH]c1=O. The monoisotopic (exact) mass is 246 g/mol. The Morgan fingerprint density at radius 1 is 1.22 bits per heavy atom. The van der Waals surface area contributed by atoms with Gasteiger partial charge < -0.3 is 5.11 Å². The van der Waals surface area contributed by atoms with Crippen molar-refractivity contribution >= 4 is 0 Å². The summed E-state index contributed by atoms with van der Waals surface area (Å²) in [5, 5.41) is 9.25. The van der Waals surface area contributed by atoms with Gasteiger partial charge in [0.1, 0.15) is 5.75 Å². The zero-order valence-electron chi connectivity index (χ0n) is 10.2.